The number of ether oxygens (including phenoxy) is 3. The fourth-order valence-electron chi connectivity index (χ4n) is 5.17. The molecular formula is C38H63N7O7Si2. The second-order valence-corrected chi connectivity index (χ2v) is 28.3. The molecule has 0 aliphatic rings. The van der Waals surface area contributed by atoms with Crippen LogP contribution in [-0.4, -0.2) is 100 Å². The second kappa shape index (κ2) is 20.6. The maximum atomic E-state index is 14.2. The predicted octanol–water partition coefficient (Wildman–Crippen LogP) is 7.33. The van der Waals surface area contributed by atoms with E-state index in [2.05, 4.69) is 54.6 Å². The van der Waals surface area contributed by atoms with E-state index in [1.54, 1.807) is 62.3 Å². The van der Waals surface area contributed by atoms with E-state index in [-0.39, 0.29) is 25.5 Å². The van der Waals surface area contributed by atoms with E-state index in [9.17, 15) is 19.5 Å². The molecule has 300 valence electrons. The number of benzene rings is 1. The Balaban J connectivity index is 1.70. The van der Waals surface area contributed by atoms with Crippen LogP contribution in [0, 0.1) is 0 Å². The Hall–Kier alpha value is -4.00. The van der Waals surface area contributed by atoms with E-state index in [1.807, 2.05) is 21.5 Å². The number of amides is 3. The van der Waals surface area contributed by atoms with Crippen LogP contribution in [0.2, 0.25) is 51.4 Å². The van der Waals surface area contributed by atoms with Gasteiger partial charge in [-0.15, -0.1) is 0 Å². The number of carbonyl (C=O) groups is 3. The largest absolute Gasteiger partial charge is 0.465 e. The molecule has 0 saturated heterocycles. The van der Waals surface area contributed by atoms with E-state index in [1.165, 1.54) is 4.90 Å². The second-order valence-electron chi connectivity index (χ2n) is 17.0. The van der Waals surface area contributed by atoms with Gasteiger partial charge in [-0.25, -0.2) is 19.6 Å². The van der Waals surface area contributed by atoms with Crippen molar-refractivity contribution in [2.24, 2.45) is 0 Å². The SMILES string of the molecule is CC(C)(C)OC(=O)NCCCCN(Cc1ccc(C(=O)N(Cc2nccn2COCC[Si](C)(C)C)Cc2nccn2COCC[Si](C)(C)C)cc1)C(=O)O. The minimum Gasteiger partial charge on any atom is -0.465 e. The fourth-order valence-corrected chi connectivity index (χ4v) is 6.69. The van der Waals surface area contributed by atoms with Gasteiger partial charge in [0.05, 0.1) is 13.1 Å². The summed E-state index contributed by atoms with van der Waals surface area (Å²) in [5.41, 5.74) is 0.631. The first-order chi connectivity index (χ1) is 25.3. The topological polar surface area (TPSA) is 153 Å². The van der Waals surface area contributed by atoms with Gasteiger partial charge in [0, 0.05) is 79.3 Å². The fraction of sp³-hybridized carbons (Fsp3) is 0.605. The Morgan fingerprint density at radius 2 is 1.30 bits per heavy atom. The Kier molecular flexibility index (Phi) is 17.0. The van der Waals surface area contributed by atoms with Gasteiger partial charge in [0.1, 0.15) is 30.7 Å². The molecule has 0 saturated carbocycles. The maximum Gasteiger partial charge on any atom is 0.407 e. The molecule has 54 heavy (non-hydrogen) atoms. The molecular weight excluding hydrogens is 723 g/mol. The van der Waals surface area contributed by atoms with Crippen LogP contribution in [0.25, 0.3) is 0 Å². The van der Waals surface area contributed by atoms with E-state index in [0.717, 1.165) is 17.7 Å². The maximum absolute atomic E-state index is 14.2. The Morgan fingerprint density at radius 1 is 0.778 bits per heavy atom. The molecule has 0 radical (unpaired) electrons. The summed E-state index contributed by atoms with van der Waals surface area (Å²) in [6.07, 6.45) is 6.78. The van der Waals surface area contributed by atoms with E-state index in [0.29, 0.717) is 69.8 Å². The van der Waals surface area contributed by atoms with Crippen LogP contribution in [0.15, 0.2) is 49.1 Å². The highest BCUT2D eigenvalue weighted by atomic mass is 28.3. The first kappa shape index (κ1) is 44.4. The van der Waals surface area contributed by atoms with Crippen molar-refractivity contribution in [3.05, 3.63) is 71.8 Å². The van der Waals surface area contributed by atoms with Gasteiger partial charge in [0.2, 0.25) is 0 Å². The van der Waals surface area contributed by atoms with Crippen molar-refractivity contribution < 1.29 is 33.7 Å². The molecule has 0 bridgehead atoms. The summed E-state index contributed by atoms with van der Waals surface area (Å²) >= 11 is 0. The van der Waals surface area contributed by atoms with Crippen molar-refractivity contribution in [2.45, 2.75) is 124 Å². The van der Waals surface area contributed by atoms with Crippen molar-refractivity contribution in [2.75, 3.05) is 26.3 Å². The Bertz CT molecular complexity index is 1550. The van der Waals surface area contributed by atoms with Gasteiger partial charge in [-0.05, 0) is 63.4 Å². The molecule has 2 N–H and O–H groups in total. The normalized spacial score (nSPS) is 12.1. The number of hydrogen-bond donors (Lipinski definition) is 2. The quantitative estimate of drug-likeness (QED) is 0.0788. The summed E-state index contributed by atoms with van der Waals surface area (Å²) in [4.78, 5) is 50.3. The summed E-state index contributed by atoms with van der Waals surface area (Å²) in [6.45, 7) is 22.6. The molecule has 0 aliphatic heterocycles. The molecule has 2 heterocycles. The zero-order valence-electron chi connectivity index (χ0n) is 33.9. The van der Waals surface area contributed by atoms with Gasteiger partial charge in [0.25, 0.3) is 5.91 Å². The summed E-state index contributed by atoms with van der Waals surface area (Å²) < 4.78 is 21.1. The highest BCUT2D eigenvalue weighted by molar-refractivity contribution is 6.76. The molecule has 14 nitrogen and oxygen atoms in total. The molecule has 2 aromatic heterocycles. The summed E-state index contributed by atoms with van der Waals surface area (Å²) in [6, 6.07) is 9.13. The molecule has 0 unspecified atom stereocenters. The number of hydrogen-bond acceptors (Lipinski definition) is 8. The predicted molar refractivity (Wildman–Crippen MR) is 215 cm³/mol. The van der Waals surface area contributed by atoms with Crippen LogP contribution in [0.5, 0.6) is 0 Å². The number of carbonyl (C=O) groups excluding carboxylic acids is 2. The molecule has 3 aromatic rings. The Labute approximate surface area is 323 Å². The first-order valence-electron chi connectivity index (χ1n) is 18.8. The lowest BCUT2D eigenvalue weighted by molar-refractivity contribution is 0.0525. The van der Waals surface area contributed by atoms with Crippen molar-refractivity contribution in [3.8, 4) is 0 Å². The van der Waals surface area contributed by atoms with Gasteiger partial charge in [-0.3, -0.25) is 4.79 Å². The number of unbranched alkanes of at least 4 members (excludes halogenated alkanes) is 1. The van der Waals surface area contributed by atoms with Crippen LogP contribution in [0.1, 0.15) is 61.2 Å². The number of rotatable bonds is 22. The number of imidazole rings is 2. The van der Waals surface area contributed by atoms with Gasteiger partial charge in [-0.2, -0.15) is 0 Å². The van der Waals surface area contributed by atoms with Crippen molar-refractivity contribution in [3.63, 3.8) is 0 Å². The lowest BCUT2D eigenvalue weighted by atomic mass is 10.1. The van der Waals surface area contributed by atoms with Crippen LogP contribution in [0.3, 0.4) is 0 Å². The molecule has 3 rings (SSSR count). The standard InChI is InChI=1S/C38H63N7O7Si2/c1-38(2,3)52-36(47)41-16-10-11-19-42(37(48)49)26-31-12-14-32(15-13-31)35(46)45(27-33-39-17-20-43(33)29-50-22-24-53(4,5)6)28-34-40-18-21-44(34)30-51-23-25-54(7,8)9/h12-15,17-18,20-21H,10-11,16,19,22-30H2,1-9H3,(H,41,47)(H,48,49). The minimum atomic E-state index is -1.24. The van der Waals surface area contributed by atoms with Crippen molar-refractivity contribution in [1.82, 2.24) is 34.2 Å². The number of carboxylic acid groups (broad SMARTS) is 1. The van der Waals surface area contributed by atoms with Gasteiger partial charge in [0.15, 0.2) is 0 Å². The number of alkyl carbamates (subject to hydrolysis) is 1. The van der Waals surface area contributed by atoms with E-state index < -0.39 is 33.9 Å². The lowest BCUT2D eigenvalue weighted by Gasteiger charge is -2.24. The minimum absolute atomic E-state index is 0.164. The third kappa shape index (κ3) is 17.0. The van der Waals surface area contributed by atoms with E-state index in [4.69, 9.17) is 14.2 Å². The third-order valence-corrected chi connectivity index (χ3v) is 11.8. The zero-order chi connectivity index (χ0) is 39.9. The summed E-state index contributed by atoms with van der Waals surface area (Å²) in [7, 11) is -2.48. The average molecular weight is 786 g/mol. The lowest BCUT2D eigenvalue weighted by Crippen LogP contribution is -2.34. The summed E-state index contributed by atoms with van der Waals surface area (Å²) in [5.74, 6) is 1.17. The van der Waals surface area contributed by atoms with E-state index >= 15 is 0 Å². The molecule has 0 fully saturated rings. The number of nitrogens with one attached hydrogen (secondary N) is 1. The van der Waals surface area contributed by atoms with Gasteiger partial charge in [-0.1, -0.05) is 51.4 Å². The van der Waals surface area contributed by atoms with Crippen LogP contribution in [0.4, 0.5) is 9.59 Å². The first-order valence-corrected chi connectivity index (χ1v) is 26.2. The summed E-state index contributed by atoms with van der Waals surface area (Å²) in [5, 5.41) is 12.6. The average Bonchev–Trinajstić information content (AvgIpc) is 3.71. The van der Waals surface area contributed by atoms with Gasteiger partial charge < -0.3 is 43.6 Å². The Morgan fingerprint density at radius 3 is 1.76 bits per heavy atom. The van der Waals surface area contributed by atoms with Crippen molar-refractivity contribution in [1.29, 1.82) is 0 Å². The molecule has 0 spiro atoms. The molecule has 3 amide bonds. The number of nitrogens with zero attached hydrogens (tertiary/aromatic N) is 6. The van der Waals surface area contributed by atoms with Crippen LogP contribution < -0.4 is 5.32 Å². The molecule has 0 atom stereocenters. The van der Waals surface area contributed by atoms with Crippen LogP contribution >= 0.6 is 0 Å². The molecule has 1 aromatic carbocycles. The highest BCUT2D eigenvalue weighted by Crippen LogP contribution is 2.17. The molecule has 0 aliphatic carbocycles. The molecule has 16 heteroatoms. The van der Waals surface area contributed by atoms with Gasteiger partial charge >= 0.3 is 12.2 Å². The van der Waals surface area contributed by atoms with Crippen LogP contribution in [-0.2, 0) is 47.3 Å². The smallest absolute Gasteiger partial charge is 0.407 e. The highest BCUT2D eigenvalue weighted by Gasteiger charge is 2.23. The zero-order valence-corrected chi connectivity index (χ0v) is 35.9. The number of aromatic nitrogens is 4. The van der Waals surface area contributed by atoms with Crippen molar-refractivity contribution >= 4 is 34.2 Å². The monoisotopic (exact) mass is 785 g/mol. The third-order valence-electron chi connectivity index (χ3n) is 8.38.